The molecule has 2 aromatic rings. The number of ketones is 1. The lowest BCUT2D eigenvalue weighted by Crippen LogP contribution is -2.32. The molecule has 0 saturated heterocycles. The molecular formula is C20H24O5. The highest BCUT2D eigenvalue weighted by molar-refractivity contribution is 5.92. The molecular weight excluding hydrogens is 320 g/mol. The lowest BCUT2D eigenvalue weighted by atomic mass is 9.73. The van der Waals surface area contributed by atoms with E-state index in [1.807, 2.05) is 31.2 Å². The van der Waals surface area contributed by atoms with Gasteiger partial charge in [0.15, 0.2) is 23.0 Å². The Morgan fingerprint density at radius 2 is 1.08 bits per heavy atom. The summed E-state index contributed by atoms with van der Waals surface area (Å²) in [5, 5.41) is 0. The van der Waals surface area contributed by atoms with Crippen molar-refractivity contribution in [1.82, 2.24) is 0 Å². The van der Waals surface area contributed by atoms with Gasteiger partial charge in [-0.25, -0.2) is 0 Å². The molecule has 25 heavy (non-hydrogen) atoms. The van der Waals surface area contributed by atoms with E-state index in [4.69, 9.17) is 18.9 Å². The zero-order valence-electron chi connectivity index (χ0n) is 15.5. The maximum absolute atomic E-state index is 12.6. The fourth-order valence-electron chi connectivity index (χ4n) is 2.87. The molecule has 5 nitrogen and oxygen atoms in total. The molecule has 0 unspecified atom stereocenters. The average Bonchev–Trinajstić information content (AvgIpc) is 2.65. The van der Waals surface area contributed by atoms with Crippen molar-refractivity contribution < 1.29 is 23.7 Å². The van der Waals surface area contributed by atoms with Crippen LogP contribution in [-0.2, 0) is 10.2 Å². The summed E-state index contributed by atoms with van der Waals surface area (Å²) in [6.07, 6.45) is 0. The Kier molecular flexibility index (Phi) is 5.57. The van der Waals surface area contributed by atoms with Crippen LogP contribution in [0.2, 0.25) is 0 Å². The van der Waals surface area contributed by atoms with Crippen LogP contribution in [0.3, 0.4) is 0 Å². The highest BCUT2D eigenvalue weighted by Gasteiger charge is 2.35. The molecule has 2 rings (SSSR count). The average molecular weight is 344 g/mol. The Hall–Kier alpha value is -2.69. The van der Waals surface area contributed by atoms with Crippen molar-refractivity contribution in [2.45, 2.75) is 19.3 Å². The molecule has 0 saturated carbocycles. The first-order valence-corrected chi connectivity index (χ1v) is 7.88. The van der Waals surface area contributed by atoms with Crippen molar-refractivity contribution in [2.24, 2.45) is 0 Å². The largest absolute Gasteiger partial charge is 0.493 e. The number of methoxy groups -OCH3 is 4. The topological polar surface area (TPSA) is 54.0 Å². The van der Waals surface area contributed by atoms with Gasteiger partial charge in [-0.3, -0.25) is 4.79 Å². The molecule has 2 aromatic carbocycles. The Morgan fingerprint density at radius 1 is 0.720 bits per heavy atom. The second kappa shape index (κ2) is 7.47. The van der Waals surface area contributed by atoms with Crippen LogP contribution in [0.4, 0.5) is 0 Å². The summed E-state index contributed by atoms with van der Waals surface area (Å²) in [5.41, 5.74) is 0.758. The third-order valence-electron chi connectivity index (χ3n) is 4.63. The first-order valence-electron chi connectivity index (χ1n) is 7.88. The Bertz CT molecular complexity index is 711. The zero-order valence-corrected chi connectivity index (χ0v) is 15.5. The van der Waals surface area contributed by atoms with Crippen molar-refractivity contribution in [3.8, 4) is 23.0 Å². The second-order valence-corrected chi connectivity index (χ2v) is 5.82. The maximum atomic E-state index is 12.6. The summed E-state index contributed by atoms with van der Waals surface area (Å²) in [4.78, 5) is 12.6. The van der Waals surface area contributed by atoms with Gasteiger partial charge >= 0.3 is 0 Å². The predicted molar refractivity (Wildman–Crippen MR) is 96.2 cm³/mol. The van der Waals surface area contributed by atoms with E-state index >= 15 is 0 Å². The number of carbonyl (C=O) groups is 1. The molecule has 0 bridgehead atoms. The van der Waals surface area contributed by atoms with Crippen LogP contribution in [-0.4, -0.2) is 34.2 Å². The lowest BCUT2D eigenvalue weighted by Gasteiger charge is -2.29. The van der Waals surface area contributed by atoms with E-state index in [2.05, 4.69) is 0 Å². The van der Waals surface area contributed by atoms with E-state index in [1.165, 1.54) is 0 Å². The van der Waals surface area contributed by atoms with Gasteiger partial charge in [-0.15, -0.1) is 0 Å². The minimum absolute atomic E-state index is 0.00643. The monoisotopic (exact) mass is 344 g/mol. The third-order valence-corrected chi connectivity index (χ3v) is 4.63. The number of Topliss-reactive ketones (excluding diaryl/α,β-unsaturated/α-hetero) is 1. The Morgan fingerprint density at radius 3 is 1.36 bits per heavy atom. The number of carbonyl (C=O) groups excluding carboxylic acids is 1. The molecule has 0 heterocycles. The molecule has 0 aliphatic carbocycles. The van der Waals surface area contributed by atoms with Gasteiger partial charge in [0.25, 0.3) is 0 Å². The molecule has 0 atom stereocenters. The van der Waals surface area contributed by atoms with Crippen LogP contribution in [0.15, 0.2) is 36.4 Å². The number of benzene rings is 2. The first kappa shape index (κ1) is 18.6. The summed E-state index contributed by atoms with van der Waals surface area (Å²) in [7, 11) is 6.30. The van der Waals surface area contributed by atoms with Gasteiger partial charge in [-0.2, -0.15) is 0 Å². The van der Waals surface area contributed by atoms with E-state index in [9.17, 15) is 4.79 Å². The van der Waals surface area contributed by atoms with Gasteiger partial charge in [0.1, 0.15) is 5.78 Å². The van der Waals surface area contributed by atoms with Gasteiger partial charge in [0.2, 0.25) is 0 Å². The highest BCUT2D eigenvalue weighted by atomic mass is 16.5. The third kappa shape index (κ3) is 3.27. The summed E-state index contributed by atoms with van der Waals surface area (Å²) in [6.45, 7) is 3.46. The number of hydrogen-bond acceptors (Lipinski definition) is 5. The fraction of sp³-hybridized carbons (Fsp3) is 0.350. The maximum Gasteiger partial charge on any atom is 0.161 e. The normalized spacial score (nSPS) is 11.0. The molecule has 0 N–H and O–H groups in total. The molecule has 0 spiro atoms. The molecule has 0 aliphatic heterocycles. The number of rotatable bonds is 7. The Balaban J connectivity index is 2.65. The summed E-state index contributed by atoms with van der Waals surface area (Å²) < 4.78 is 21.4. The van der Waals surface area contributed by atoms with Crippen molar-refractivity contribution in [3.05, 3.63) is 47.5 Å². The number of hydrogen-bond donors (Lipinski definition) is 0. The lowest BCUT2D eigenvalue weighted by molar-refractivity contribution is -0.120. The highest BCUT2D eigenvalue weighted by Crippen LogP contribution is 2.40. The minimum Gasteiger partial charge on any atom is -0.493 e. The van der Waals surface area contributed by atoms with Gasteiger partial charge in [0, 0.05) is 0 Å². The first-order chi connectivity index (χ1) is 11.9. The van der Waals surface area contributed by atoms with Crippen LogP contribution >= 0.6 is 0 Å². The molecule has 0 amide bonds. The van der Waals surface area contributed by atoms with Crippen LogP contribution in [0.1, 0.15) is 25.0 Å². The Labute approximate surface area is 148 Å². The summed E-state index contributed by atoms with van der Waals surface area (Å²) in [5.74, 6) is 2.39. The summed E-state index contributed by atoms with van der Waals surface area (Å²) in [6, 6.07) is 11.0. The van der Waals surface area contributed by atoms with E-state index in [-0.39, 0.29) is 5.78 Å². The van der Waals surface area contributed by atoms with Gasteiger partial charge < -0.3 is 18.9 Å². The van der Waals surface area contributed by atoms with Crippen LogP contribution in [0.25, 0.3) is 0 Å². The van der Waals surface area contributed by atoms with Gasteiger partial charge in [0.05, 0.1) is 33.9 Å². The van der Waals surface area contributed by atoms with E-state index in [1.54, 1.807) is 47.5 Å². The van der Waals surface area contributed by atoms with Crippen molar-refractivity contribution in [3.63, 3.8) is 0 Å². The predicted octanol–water partition coefficient (Wildman–Crippen LogP) is 3.62. The van der Waals surface area contributed by atoms with Gasteiger partial charge in [-0.1, -0.05) is 12.1 Å². The second-order valence-electron chi connectivity index (χ2n) is 5.82. The molecule has 5 heteroatoms. The standard InChI is InChI=1S/C20H24O5/c1-13(21)20(2,14-7-9-16(22-3)18(11-14)24-5)15-8-10-17(23-4)19(12-15)25-6/h7-12H,1-6H3. The van der Waals surface area contributed by atoms with Crippen molar-refractivity contribution in [1.29, 1.82) is 0 Å². The molecule has 0 aromatic heterocycles. The van der Waals surface area contributed by atoms with Crippen molar-refractivity contribution in [2.75, 3.05) is 28.4 Å². The summed E-state index contributed by atoms with van der Waals surface area (Å²) >= 11 is 0. The van der Waals surface area contributed by atoms with E-state index < -0.39 is 5.41 Å². The quantitative estimate of drug-likeness (QED) is 0.768. The molecule has 0 radical (unpaired) electrons. The smallest absolute Gasteiger partial charge is 0.161 e. The van der Waals surface area contributed by atoms with Crippen LogP contribution in [0.5, 0.6) is 23.0 Å². The van der Waals surface area contributed by atoms with E-state index in [0.717, 1.165) is 11.1 Å². The number of ether oxygens (including phenoxy) is 4. The SMILES string of the molecule is COc1ccc(C(C)(C(C)=O)c2ccc(OC)c(OC)c2)cc1OC. The molecule has 134 valence electrons. The minimum atomic E-state index is -0.862. The molecule has 0 aliphatic rings. The zero-order chi connectivity index (χ0) is 18.6. The molecule has 0 fully saturated rings. The van der Waals surface area contributed by atoms with Crippen LogP contribution < -0.4 is 18.9 Å². The fourth-order valence-corrected chi connectivity index (χ4v) is 2.87. The van der Waals surface area contributed by atoms with Crippen LogP contribution in [0, 0.1) is 0 Å². The van der Waals surface area contributed by atoms with E-state index in [0.29, 0.717) is 23.0 Å². The van der Waals surface area contributed by atoms with Gasteiger partial charge in [-0.05, 0) is 49.2 Å². The van der Waals surface area contributed by atoms with Crippen molar-refractivity contribution >= 4 is 5.78 Å².